The van der Waals surface area contributed by atoms with E-state index in [-0.39, 0.29) is 15.9 Å². The van der Waals surface area contributed by atoms with Crippen LogP contribution in [0.4, 0.5) is 13.2 Å². The molecule has 0 bridgehead atoms. The molecule has 0 spiro atoms. The molecule has 1 heterocycles. The quantitative estimate of drug-likeness (QED) is 0.785. The van der Waals surface area contributed by atoms with Gasteiger partial charge in [-0.25, -0.2) is 13.2 Å². The number of aromatic nitrogens is 2. The summed E-state index contributed by atoms with van der Waals surface area (Å²) in [5.41, 5.74) is -0.552. The maximum Gasteiger partial charge on any atom is 0.280 e. The molecule has 0 aliphatic heterocycles. The topological polar surface area (TPSA) is 28.7 Å². The molecule has 1 aromatic heterocycles. The van der Waals surface area contributed by atoms with Gasteiger partial charge in [0, 0.05) is 5.39 Å². The van der Waals surface area contributed by atoms with Gasteiger partial charge < -0.3 is 0 Å². The monoisotopic (exact) mass is 220 g/mol. The molecule has 0 saturated carbocycles. The lowest BCUT2D eigenvalue weighted by atomic mass is 10.2. The third kappa shape index (κ3) is 1.24. The fraction of sp³-hybridized carbons (Fsp3) is 0.125. The zero-order chi connectivity index (χ0) is 10.3. The Balaban J connectivity index is 2.77. The number of alkyl halides is 2. The first-order valence-electron chi connectivity index (χ1n) is 3.71. The lowest BCUT2D eigenvalue weighted by molar-refractivity contribution is 0.147. The minimum absolute atomic E-state index is 0.0573. The van der Waals surface area contributed by atoms with Crippen LogP contribution in [0, 0.1) is 5.82 Å². The molecular weight excluding hydrogens is 217 g/mol. The van der Waals surface area contributed by atoms with Crippen LogP contribution >= 0.6 is 11.6 Å². The van der Waals surface area contributed by atoms with Gasteiger partial charge in [0.2, 0.25) is 0 Å². The van der Waals surface area contributed by atoms with E-state index in [9.17, 15) is 13.2 Å². The van der Waals surface area contributed by atoms with E-state index in [4.69, 9.17) is 11.6 Å². The summed E-state index contributed by atoms with van der Waals surface area (Å²) in [6.45, 7) is 0. The summed E-state index contributed by atoms with van der Waals surface area (Å²) in [7, 11) is 0. The Morgan fingerprint density at radius 1 is 1.36 bits per heavy atom. The second-order valence-electron chi connectivity index (χ2n) is 2.70. The van der Waals surface area contributed by atoms with E-state index in [2.05, 4.69) is 10.2 Å². The first-order chi connectivity index (χ1) is 6.61. The molecule has 14 heavy (non-hydrogen) atoms. The molecular formula is C8H4ClF3N2. The maximum atomic E-state index is 13.2. The standard InChI is InChI=1S/C8H4ClF3N2/c9-4-2-1-3-6(5(4)10)13-14-7(3)8(11)12/h1-2,8H,(H,13,14). The minimum atomic E-state index is -2.71. The second kappa shape index (κ2) is 3.16. The highest BCUT2D eigenvalue weighted by atomic mass is 35.5. The number of hydrogen-bond donors (Lipinski definition) is 1. The van der Waals surface area contributed by atoms with E-state index < -0.39 is 17.9 Å². The van der Waals surface area contributed by atoms with Gasteiger partial charge in [0.15, 0.2) is 5.82 Å². The van der Waals surface area contributed by atoms with Crippen molar-refractivity contribution in [3.05, 3.63) is 28.7 Å². The summed E-state index contributed by atoms with van der Waals surface area (Å²) in [5, 5.41) is 5.44. The summed E-state index contributed by atoms with van der Waals surface area (Å²) >= 11 is 5.46. The molecule has 1 N–H and O–H groups in total. The molecule has 6 heteroatoms. The van der Waals surface area contributed by atoms with E-state index in [1.54, 1.807) is 0 Å². The largest absolute Gasteiger partial charge is 0.280 e. The van der Waals surface area contributed by atoms with Gasteiger partial charge in [-0.2, -0.15) is 5.10 Å². The molecule has 0 saturated heterocycles. The Hall–Kier alpha value is -1.23. The lowest BCUT2D eigenvalue weighted by Crippen LogP contribution is -1.84. The van der Waals surface area contributed by atoms with Crippen molar-refractivity contribution in [1.82, 2.24) is 10.2 Å². The molecule has 2 nitrogen and oxygen atoms in total. The van der Waals surface area contributed by atoms with Gasteiger partial charge in [-0.3, -0.25) is 5.10 Å². The number of fused-ring (bicyclic) bond motifs is 1. The predicted molar refractivity (Wildman–Crippen MR) is 46.0 cm³/mol. The van der Waals surface area contributed by atoms with Crippen LogP contribution in [0.15, 0.2) is 12.1 Å². The molecule has 2 rings (SSSR count). The molecule has 0 unspecified atom stereocenters. The van der Waals surface area contributed by atoms with E-state index in [1.807, 2.05) is 0 Å². The first-order valence-corrected chi connectivity index (χ1v) is 4.09. The summed E-state index contributed by atoms with van der Waals surface area (Å²) in [6.07, 6.45) is -2.71. The number of benzene rings is 1. The normalized spacial score (nSPS) is 11.5. The Kier molecular flexibility index (Phi) is 2.11. The molecule has 74 valence electrons. The van der Waals surface area contributed by atoms with Crippen molar-refractivity contribution in [2.75, 3.05) is 0 Å². The molecule has 0 aliphatic carbocycles. The van der Waals surface area contributed by atoms with E-state index in [0.29, 0.717) is 0 Å². The van der Waals surface area contributed by atoms with Gasteiger partial charge in [0.25, 0.3) is 6.43 Å². The zero-order valence-electron chi connectivity index (χ0n) is 6.69. The van der Waals surface area contributed by atoms with Crippen LogP contribution in [0.1, 0.15) is 12.1 Å². The predicted octanol–water partition coefficient (Wildman–Crippen LogP) is 3.29. The van der Waals surface area contributed by atoms with Crippen molar-refractivity contribution in [3.8, 4) is 0 Å². The van der Waals surface area contributed by atoms with Crippen molar-refractivity contribution in [3.63, 3.8) is 0 Å². The third-order valence-corrected chi connectivity index (χ3v) is 2.16. The van der Waals surface area contributed by atoms with E-state index >= 15 is 0 Å². The summed E-state index contributed by atoms with van der Waals surface area (Å²) in [6, 6.07) is 2.53. The fourth-order valence-electron chi connectivity index (χ4n) is 1.21. The highest BCUT2D eigenvalue weighted by molar-refractivity contribution is 6.31. The van der Waals surface area contributed by atoms with Gasteiger partial charge in [0.05, 0.1) is 5.02 Å². The Labute approximate surface area is 81.7 Å². The van der Waals surface area contributed by atoms with Gasteiger partial charge in [0.1, 0.15) is 11.2 Å². The van der Waals surface area contributed by atoms with Crippen LogP contribution in [-0.2, 0) is 0 Å². The molecule has 2 aromatic rings. The fourth-order valence-corrected chi connectivity index (χ4v) is 1.36. The molecule has 0 fully saturated rings. The van der Waals surface area contributed by atoms with Gasteiger partial charge in [-0.15, -0.1) is 0 Å². The SMILES string of the molecule is Fc1c(Cl)ccc2c(C(F)F)[nH]nc12. The van der Waals surface area contributed by atoms with Crippen LogP contribution in [0.2, 0.25) is 5.02 Å². The maximum absolute atomic E-state index is 13.2. The van der Waals surface area contributed by atoms with Crippen molar-refractivity contribution >= 4 is 22.5 Å². The number of hydrogen-bond acceptors (Lipinski definition) is 1. The summed E-state index contributed by atoms with van der Waals surface area (Å²) in [5.74, 6) is -0.785. The van der Waals surface area contributed by atoms with Crippen LogP contribution in [0.3, 0.4) is 0 Å². The Morgan fingerprint density at radius 3 is 2.71 bits per heavy atom. The Morgan fingerprint density at radius 2 is 2.07 bits per heavy atom. The van der Waals surface area contributed by atoms with E-state index in [1.165, 1.54) is 12.1 Å². The van der Waals surface area contributed by atoms with Crippen molar-refractivity contribution < 1.29 is 13.2 Å². The smallest absolute Gasteiger partial charge is 0.275 e. The van der Waals surface area contributed by atoms with Gasteiger partial charge >= 0.3 is 0 Å². The summed E-state index contributed by atoms with van der Waals surface area (Å²) in [4.78, 5) is 0. The number of H-pyrrole nitrogens is 1. The van der Waals surface area contributed by atoms with Crippen LogP contribution in [-0.4, -0.2) is 10.2 Å². The van der Waals surface area contributed by atoms with E-state index in [0.717, 1.165) is 0 Å². The Bertz CT molecular complexity index is 481. The van der Waals surface area contributed by atoms with Crippen LogP contribution in [0.5, 0.6) is 0 Å². The lowest BCUT2D eigenvalue weighted by Gasteiger charge is -1.96. The third-order valence-electron chi connectivity index (χ3n) is 1.87. The molecule has 0 atom stereocenters. The zero-order valence-corrected chi connectivity index (χ0v) is 7.45. The molecule has 0 radical (unpaired) electrons. The van der Waals surface area contributed by atoms with Crippen molar-refractivity contribution in [1.29, 1.82) is 0 Å². The molecule has 0 aliphatic rings. The molecule has 1 aromatic carbocycles. The number of rotatable bonds is 1. The average molecular weight is 221 g/mol. The van der Waals surface area contributed by atoms with Crippen molar-refractivity contribution in [2.45, 2.75) is 6.43 Å². The number of nitrogens with one attached hydrogen (secondary N) is 1. The highest BCUT2D eigenvalue weighted by Gasteiger charge is 2.17. The van der Waals surface area contributed by atoms with Gasteiger partial charge in [-0.05, 0) is 12.1 Å². The van der Waals surface area contributed by atoms with Crippen LogP contribution < -0.4 is 0 Å². The minimum Gasteiger partial charge on any atom is -0.275 e. The first kappa shape index (κ1) is 9.33. The van der Waals surface area contributed by atoms with Gasteiger partial charge in [-0.1, -0.05) is 11.6 Å². The number of halogens is 4. The highest BCUT2D eigenvalue weighted by Crippen LogP contribution is 2.29. The van der Waals surface area contributed by atoms with Crippen molar-refractivity contribution in [2.24, 2.45) is 0 Å². The average Bonchev–Trinajstić information content (AvgIpc) is 2.55. The summed E-state index contributed by atoms with van der Waals surface area (Å²) < 4.78 is 37.9. The van der Waals surface area contributed by atoms with Crippen LogP contribution in [0.25, 0.3) is 10.9 Å². The molecule has 0 amide bonds. The number of aromatic amines is 1. The number of nitrogens with zero attached hydrogens (tertiary/aromatic N) is 1. The second-order valence-corrected chi connectivity index (χ2v) is 3.10.